The number of sulfonamides is 1. The monoisotopic (exact) mass is 566 g/mol. The van der Waals surface area contributed by atoms with E-state index in [9.17, 15) is 8.42 Å². The standard InChI is InChI=1S/C27H26N4O4S3/c1-17-7-10-19(11-8-17)37-24-14-13-22(35-24)26-25(21-6-4-5-15-28-21)29-27(36)31(26)18-9-12-20(23(16-18)34-2)30-38(3,32)33/h4-16,25-26,30H,1-3H3,(H,29,36)/t25-,26+/m0/s1. The molecule has 0 spiro atoms. The average Bonchev–Trinajstić information content (AvgIpc) is 3.49. The van der Waals surface area contributed by atoms with E-state index in [2.05, 4.69) is 46.2 Å². The van der Waals surface area contributed by atoms with Crippen LogP contribution >= 0.6 is 24.0 Å². The number of nitrogens with zero attached hydrogens (tertiary/aromatic N) is 2. The van der Waals surface area contributed by atoms with Gasteiger partial charge in [-0.1, -0.05) is 35.5 Å². The van der Waals surface area contributed by atoms with E-state index in [1.165, 1.54) is 12.7 Å². The normalized spacial score (nSPS) is 17.3. The lowest BCUT2D eigenvalue weighted by Gasteiger charge is -2.26. The molecule has 4 aromatic rings. The highest BCUT2D eigenvalue weighted by Gasteiger charge is 2.42. The molecule has 2 aromatic carbocycles. The summed E-state index contributed by atoms with van der Waals surface area (Å²) in [6.07, 6.45) is 2.84. The SMILES string of the molecule is COc1cc(N2C(=S)N[C@@H](c3ccccn3)[C@H]2c2ccc(Sc3ccc(C)cc3)o2)ccc1NS(C)(=O)=O. The number of nitrogens with one attached hydrogen (secondary N) is 2. The Kier molecular flexibility index (Phi) is 7.33. The van der Waals surface area contributed by atoms with Crippen molar-refractivity contribution in [2.24, 2.45) is 0 Å². The lowest BCUT2D eigenvalue weighted by molar-refractivity contribution is 0.383. The van der Waals surface area contributed by atoms with Gasteiger partial charge in [0.1, 0.15) is 17.6 Å². The van der Waals surface area contributed by atoms with Crippen LogP contribution < -0.4 is 19.7 Å². The van der Waals surface area contributed by atoms with Crippen molar-refractivity contribution < 1.29 is 17.6 Å². The molecule has 38 heavy (non-hydrogen) atoms. The maximum absolute atomic E-state index is 11.8. The van der Waals surface area contributed by atoms with Crippen LogP contribution in [0.1, 0.15) is 29.1 Å². The third-order valence-corrected chi connectivity index (χ3v) is 7.82. The molecule has 196 valence electrons. The fourth-order valence-corrected chi connectivity index (χ4v) is 6.00. The van der Waals surface area contributed by atoms with Crippen LogP contribution in [-0.4, -0.2) is 31.9 Å². The van der Waals surface area contributed by atoms with Crippen LogP contribution in [0.15, 0.2) is 93.4 Å². The number of hydrogen-bond acceptors (Lipinski definition) is 7. The Morgan fingerprint density at radius 3 is 2.58 bits per heavy atom. The van der Waals surface area contributed by atoms with Gasteiger partial charge in [0, 0.05) is 22.8 Å². The van der Waals surface area contributed by atoms with Gasteiger partial charge in [0.05, 0.1) is 30.8 Å². The van der Waals surface area contributed by atoms with E-state index in [0.29, 0.717) is 28.0 Å². The average molecular weight is 567 g/mol. The number of pyridine rings is 1. The second-order valence-corrected chi connectivity index (χ2v) is 12.0. The van der Waals surface area contributed by atoms with Crippen LogP contribution in [0.2, 0.25) is 0 Å². The molecule has 1 aliphatic heterocycles. The predicted octanol–water partition coefficient (Wildman–Crippen LogP) is 5.69. The van der Waals surface area contributed by atoms with Gasteiger partial charge in [-0.3, -0.25) is 9.71 Å². The maximum Gasteiger partial charge on any atom is 0.229 e. The summed E-state index contributed by atoms with van der Waals surface area (Å²) in [6, 6.07) is 22.5. The molecule has 1 fully saturated rings. The van der Waals surface area contributed by atoms with Crippen molar-refractivity contribution in [1.29, 1.82) is 0 Å². The molecule has 0 aliphatic carbocycles. The predicted molar refractivity (Wildman–Crippen MR) is 153 cm³/mol. The zero-order valence-corrected chi connectivity index (χ0v) is 23.4. The highest BCUT2D eigenvalue weighted by Crippen LogP contribution is 2.44. The molecule has 1 aliphatic rings. The summed E-state index contributed by atoms with van der Waals surface area (Å²) in [4.78, 5) is 7.60. The summed E-state index contributed by atoms with van der Waals surface area (Å²) in [5, 5.41) is 4.64. The lowest BCUT2D eigenvalue weighted by Crippen LogP contribution is -2.29. The fraction of sp³-hybridized carbons (Fsp3) is 0.185. The molecule has 0 bridgehead atoms. The van der Waals surface area contributed by atoms with E-state index in [1.807, 2.05) is 35.2 Å². The number of furan rings is 1. The number of thiocarbonyl (C=S) groups is 1. The van der Waals surface area contributed by atoms with Crippen molar-refractivity contribution in [2.45, 2.75) is 29.0 Å². The Morgan fingerprint density at radius 2 is 1.89 bits per heavy atom. The van der Waals surface area contributed by atoms with Crippen molar-refractivity contribution in [2.75, 3.05) is 23.0 Å². The van der Waals surface area contributed by atoms with Crippen molar-refractivity contribution in [3.63, 3.8) is 0 Å². The Labute approximate surface area is 231 Å². The third kappa shape index (κ3) is 5.64. The topological polar surface area (TPSA) is 96.7 Å². The van der Waals surface area contributed by atoms with Crippen LogP contribution in [0.3, 0.4) is 0 Å². The van der Waals surface area contributed by atoms with Gasteiger partial charge in [-0.05, 0) is 67.7 Å². The number of rotatable bonds is 8. The number of anilines is 2. The summed E-state index contributed by atoms with van der Waals surface area (Å²) in [5.74, 6) is 1.07. The molecule has 5 rings (SSSR count). The van der Waals surface area contributed by atoms with E-state index >= 15 is 0 Å². The van der Waals surface area contributed by atoms with Gasteiger partial charge in [-0.25, -0.2) is 8.42 Å². The van der Waals surface area contributed by atoms with Gasteiger partial charge in [0.25, 0.3) is 0 Å². The van der Waals surface area contributed by atoms with E-state index < -0.39 is 10.0 Å². The summed E-state index contributed by atoms with van der Waals surface area (Å²) in [6.45, 7) is 2.06. The van der Waals surface area contributed by atoms with Crippen LogP contribution in [0.25, 0.3) is 0 Å². The first-order valence-electron chi connectivity index (χ1n) is 11.7. The van der Waals surface area contributed by atoms with E-state index in [1.54, 1.807) is 36.2 Å². The smallest absolute Gasteiger partial charge is 0.229 e. The number of methoxy groups -OCH3 is 1. The summed E-state index contributed by atoms with van der Waals surface area (Å²) < 4.78 is 38.0. The summed E-state index contributed by atoms with van der Waals surface area (Å²) in [7, 11) is -2.00. The van der Waals surface area contributed by atoms with Gasteiger partial charge in [0.15, 0.2) is 10.2 Å². The van der Waals surface area contributed by atoms with E-state index in [-0.39, 0.29) is 12.1 Å². The molecule has 2 atom stereocenters. The molecule has 0 radical (unpaired) electrons. The van der Waals surface area contributed by atoms with Crippen molar-refractivity contribution >= 4 is 50.5 Å². The molecule has 2 N–H and O–H groups in total. The van der Waals surface area contributed by atoms with Crippen molar-refractivity contribution in [3.05, 3.63) is 96.0 Å². The van der Waals surface area contributed by atoms with Crippen LogP contribution in [-0.2, 0) is 10.0 Å². The molecular formula is C27H26N4O4S3. The highest BCUT2D eigenvalue weighted by molar-refractivity contribution is 7.99. The minimum absolute atomic E-state index is 0.285. The Bertz CT molecular complexity index is 1560. The Balaban J connectivity index is 1.54. The fourth-order valence-electron chi connectivity index (χ4n) is 4.31. The molecule has 8 nitrogen and oxygen atoms in total. The second kappa shape index (κ2) is 10.7. The van der Waals surface area contributed by atoms with Gasteiger partial charge < -0.3 is 19.4 Å². The van der Waals surface area contributed by atoms with Crippen LogP contribution in [0.5, 0.6) is 5.75 Å². The molecule has 3 heterocycles. The van der Waals surface area contributed by atoms with Crippen molar-refractivity contribution in [1.82, 2.24) is 10.3 Å². The molecule has 11 heteroatoms. The Morgan fingerprint density at radius 1 is 1.11 bits per heavy atom. The minimum atomic E-state index is -3.48. The molecule has 0 saturated carbocycles. The quantitative estimate of drug-likeness (QED) is 0.261. The van der Waals surface area contributed by atoms with Crippen molar-refractivity contribution in [3.8, 4) is 5.75 Å². The summed E-state index contributed by atoms with van der Waals surface area (Å²) in [5.41, 5.74) is 3.06. The highest BCUT2D eigenvalue weighted by atomic mass is 32.2. The summed E-state index contributed by atoms with van der Waals surface area (Å²) >= 11 is 7.33. The maximum atomic E-state index is 11.8. The zero-order valence-electron chi connectivity index (χ0n) is 20.9. The van der Waals surface area contributed by atoms with Gasteiger partial charge >= 0.3 is 0 Å². The zero-order chi connectivity index (χ0) is 26.9. The van der Waals surface area contributed by atoms with Gasteiger partial charge in [-0.15, -0.1) is 0 Å². The first-order chi connectivity index (χ1) is 18.2. The Hall–Kier alpha value is -3.54. The third-order valence-electron chi connectivity index (χ3n) is 5.99. The number of aryl methyl sites for hydroxylation is 1. The molecular weight excluding hydrogens is 541 g/mol. The molecule has 0 unspecified atom stereocenters. The number of aromatic nitrogens is 1. The number of hydrogen-bond donors (Lipinski definition) is 2. The van der Waals surface area contributed by atoms with Gasteiger partial charge in [0.2, 0.25) is 10.0 Å². The molecule has 0 amide bonds. The largest absolute Gasteiger partial charge is 0.494 e. The first kappa shape index (κ1) is 26.1. The minimum Gasteiger partial charge on any atom is -0.494 e. The van der Waals surface area contributed by atoms with E-state index in [4.69, 9.17) is 21.4 Å². The molecule has 1 saturated heterocycles. The number of ether oxygens (including phenoxy) is 1. The van der Waals surface area contributed by atoms with Gasteiger partial charge in [-0.2, -0.15) is 0 Å². The lowest BCUT2D eigenvalue weighted by atomic mass is 10.0. The van der Waals surface area contributed by atoms with Crippen LogP contribution in [0, 0.1) is 6.92 Å². The number of benzene rings is 2. The molecule has 2 aromatic heterocycles. The first-order valence-corrected chi connectivity index (χ1v) is 14.8. The van der Waals surface area contributed by atoms with Crippen LogP contribution in [0.4, 0.5) is 11.4 Å². The van der Waals surface area contributed by atoms with E-state index in [0.717, 1.165) is 21.9 Å². The second-order valence-electron chi connectivity index (χ2n) is 8.83.